The average molecular weight is 947 g/mol. The predicted octanol–water partition coefficient (Wildman–Crippen LogP) is -4.11. The lowest BCUT2D eigenvalue weighted by Gasteiger charge is -2.42. The van der Waals surface area contributed by atoms with E-state index in [2.05, 4.69) is 52.8 Å². The number of rotatable bonds is 11. The van der Waals surface area contributed by atoms with Gasteiger partial charge in [0.1, 0.15) is 60.6 Å². The molecule has 4 heterocycles. The van der Waals surface area contributed by atoms with Gasteiger partial charge in [0.05, 0.1) is 19.4 Å². The second-order valence-corrected chi connectivity index (χ2v) is 17.5. The van der Waals surface area contributed by atoms with E-state index in [1.54, 1.807) is 74.6 Å². The molecule has 0 aliphatic carbocycles. The number of aliphatic hydroxyl groups excluding tert-OH is 3. The van der Waals surface area contributed by atoms with Crippen molar-refractivity contribution in [2.45, 2.75) is 120 Å². The molecule has 68 heavy (non-hydrogen) atoms. The molecule has 3 aliphatic heterocycles. The zero-order valence-electron chi connectivity index (χ0n) is 37.6. The van der Waals surface area contributed by atoms with Crippen LogP contribution < -0.4 is 47.9 Å². The van der Waals surface area contributed by atoms with E-state index in [4.69, 9.17) is 4.74 Å². The molecule has 0 spiro atoms. The molecule has 3 fully saturated rings. The third kappa shape index (κ3) is 12.9. The van der Waals surface area contributed by atoms with Crippen LogP contribution >= 0.6 is 0 Å². The quantitative estimate of drug-likeness (QED) is 0.0871. The van der Waals surface area contributed by atoms with E-state index in [0.717, 1.165) is 12.4 Å². The summed E-state index contributed by atoms with van der Waals surface area (Å²) in [5, 5.41) is 54.6. The van der Waals surface area contributed by atoms with Crippen molar-refractivity contribution in [1.82, 2.24) is 52.8 Å². The molecule has 2 aromatic carbocycles. The van der Waals surface area contributed by atoms with Crippen molar-refractivity contribution in [3.05, 3.63) is 71.9 Å². The summed E-state index contributed by atoms with van der Waals surface area (Å²) in [7, 11) is 0. The maximum atomic E-state index is 14.5. The maximum Gasteiger partial charge on any atom is 0.245 e. The van der Waals surface area contributed by atoms with Crippen LogP contribution in [-0.2, 0) is 60.7 Å². The number of carbonyl (C=O) groups is 9. The average Bonchev–Trinajstić information content (AvgIpc) is 3.70. The van der Waals surface area contributed by atoms with Gasteiger partial charge in [0.15, 0.2) is 6.23 Å². The molecule has 3 aromatic rings. The fourth-order valence-electron chi connectivity index (χ4n) is 8.27. The van der Waals surface area contributed by atoms with Gasteiger partial charge < -0.3 is 72.9 Å². The summed E-state index contributed by atoms with van der Waals surface area (Å²) >= 11 is 0. The van der Waals surface area contributed by atoms with Gasteiger partial charge in [0.2, 0.25) is 53.2 Å². The Hall–Kier alpha value is -6.95. The number of hydrogen-bond donors (Lipinski definition) is 13. The van der Waals surface area contributed by atoms with Crippen LogP contribution in [0.5, 0.6) is 0 Å². The molecule has 0 radical (unpaired) electrons. The summed E-state index contributed by atoms with van der Waals surface area (Å²) in [6.45, 7) is 3.24. The lowest BCUT2D eigenvalue weighted by molar-refractivity contribution is -0.203. The second kappa shape index (κ2) is 22.7. The molecule has 1 aromatic heterocycles. The zero-order chi connectivity index (χ0) is 49.2. The topological polar surface area (TPSA) is 348 Å². The summed E-state index contributed by atoms with van der Waals surface area (Å²) in [4.78, 5) is 129. The number of para-hydroxylation sites is 1. The van der Waals surface area contributed by atoms with Crippen molar-refractivity contribution < 1.29 is 63.2 Å². The van der Waals surface area contributed by atoms with Crippen LogP contribution in [0, 0.1) is 5.92 Å². The number of aliphatic hydroxyl groups is 3. The number of nitrogens with one attached hydrogen (secondary N) is 10. The molecule has 366 valence electrons. The van der Waals surface area contributed by atoms with E-state index in [1.807, 2.05) is 0 Å². The highest BCUT2D eigenvalue weighted by atomic mass is 16.5. The minimum absolute atomic E-state index is 0.0300. The van der Waals surface area contributed by atoms with E-state index in [-0.39, 0.29) is 25.2 Å². The number of carbonyl (C=O) groups excluding carboxylic acids is 9. The van der Waals surface area contributed by atoms with Gasteiger partial charge >= 0.3 is 0 Å². The molecule has 23 nitrogen and oxygen atoms in total. The van der Waals surface area contributed by atoms with Crippen LogP contribution in [0.4, 0.5) is 0 Å². The van der Waals surface area contributed by atoms with E-state index in [9.17, 15) is 58.5 Å². The fourth-order valence-corrected chi connectivity index (χ4v) is 8.27. The Kier molecular flexibility index (Phi) is 16.8. The monoisotopic (exact) mass is 946 g/mol. The molecule has 9 amide bonds. The number of aromatic amines is 1. The fraction of sp³-hybridized carbons (Fsp3) is 0.489. The Morgan fingerprint density at radius 1 is 0.706 bits per heavy atom. The van der Waals surface area contributed by atoms with E-state index < -0.39 is 146 Å². The van der Waals surface area contributed by atoms with Gasteiger partial charge in [-0.25, -0.2) is 0 Å². The van der Waals surface area contributed by atoms with Crippen molar-refractivity contribution in [2.75, 3.05) is 13.2 Å². The molecule has 3 saturated heterocycles. The van der Waals surface area contributed by atoms with Gasteiger partial charge in [0.25, 0.3) is 0 Å². The van der Waals surface area contributed by atoms with E-state index in [1.165, 1.54) is 0 Å². The lowest BCUT2D eigenvalue weighted by atomic mass is 9.95. The van der Waals surface area contributed by atoms with Gasteiger partial charge in [-0.1, -0.05) is 62.4 Å². The molecule has 2 bridgehead atoms. The van der Waals surface area contributed by atoms with E-state index in [0.29, 0.717) is 16.5 Å². The minimum Gasteiger partial charge on any atom is -0.394 e. The van der Waals surface area contributed by atoms with Gasteiger partial charge in [0, 0.05) is 43.4 Å². The maximum absolute atomic E-state index is 14.5. The first-order chi connectivity index (χ1) is 32.4. The highest BCUT2D eigenvalue weighted by Crippen LogP contribution is 2.22. The highest BCUT2D eigenvalue weighted by Gasteiger charge is 2.46. The summed E-state index contributed by atoms with van der Waals surface area (Å²) in [6, 6.07) is 5.03. The first kappa shape index (κ1) is 50.5. The minimum atomic E-state index is -1.86. The van der Waals surface area contributed by atoms with Crippen molar-refractivity contribution in [2.24, 2.45) is 5.92 Å². The van der Waals surface area contributed by atoms with E-state index >= 15 is 0 Å². The molecule has 0 unspecified atom stereocenters. The summed E-state index contributed by atoms with van der Waals surface area (Å²) < 4.78 is 5.60. The van der Waals surface area contributed by atoms with Crippen LogP contribution in [0.15, 0.2) is 60.8 Å². The largest absolute Gasteiger partial charge is 0.394 e. The van der Waals surface area contributed by atoms with Gasteiger partial charge in [-0.3, -0.25) is 43.2 Å². The van der Waals surface area contributed by atoms with Gasteiger partial charge in [-0.2, -0.15) is 0 Å². The zero-order valence-corrected chi connectivity index (χ0v) is 37.6. The lowest BCUT2D eigenvalue weighted by Crippen LogP contribution is -2.68. The first-order valence-electron chi connectivity index (χ1n) is 22.3. The van der Waals surface area contributed by atoms with Crippen molar-refractivity contribution >= 4 is 64.1 Å². The van der Waals surface area contributed by atoms with Crippen LogP contribution in [0.1, 0.15) is 51.2 Å². The molecule has 6 rings (SSSR count). The molecule has 23 heteroatoms. The number of benzene rings is 2. The third-order valence-electron chi connectivity index (χ3n) is 11.8. The molecule has 0 saturated carbocycles. The summed E-state index contributed by atoms with van der Waals surface area (Å²) in [5.41, 5.74) is 1.94. The van der Waals surface area contributed by atoms with Crippen molar-refractivity contribution in [3.63, 3.8) is 0 Å². The Morgan fingerprint density at radius 2 is 1.29 bits per heavy atom. The van der Waals surface area contributed by atoms with Gasteiger partial charge in [-0.05, 0) is 29.5 Å². The Balaban J connectivity index is 1.38. The van der Waals surface area contributed by atoms with Crippen LogP contribution in [0.3, 0.4) is 0 Å². The van der Waals surface area contributed by atoms with Crippen LogP contribution in [-0.4, -0.2) is 153 Å². The third-order valence-corrected chi connectivity index (χ3v) is 11.8. The Labute approximate surface area is 390 Å². The molecule has 3 aliphatic rings. The van der Waals surface area contributed by atoms with Gasteiger partial charge in [-0.15, -0.1) is 0 Å². The number of fused-ring (bicyclic) bond motifs is 6. The smallest absolute Gasteiger partial charge is 0.245 e. The highest BCUT2D eigenvalue weighted by molar-refractivity contribution is 6.01. The predicted molar refractivity (Wildman–Crippen MR) is 239 cm³/mol. The first-order valence-corrected chi connectivity index (χ1v) is 22.3. The second-order valence-electron chi connectivity index (χ2n) is 17.5. The molecule has 13 N–H and O–H groups in total. The van der Waals surface area contributed by atoms with Crippen molar-refractivity contribution in [1.29, 1.82) is 0 Å². The number of ether oxygens (including phenoxy) is 1. The Morgan fingerprint density at radius 3 is 2.00 bits per heavy atom. The summed E-state index contributed by atoms with van der Waals surface area (Å²) in [6.07, 6.45) is -6.75. The van der Waals surface area contributed by atoms with Crippen LogP contribution in [0.2, 0.25) is 0 Å². The normalized spacial score (nSPS) is 28.8. The number of amides is 9. The summed E-state index contributed by atoms with van der Waals surface area (Å²) in [5.74, 6) is -8.61. The number of hydrogen-bond acceptors (Lipinski definition) is 13. The molecular weight excluding hydrogens is 889 g/mol. The van der Waals surface area contributed by atoms with Crippen molar-refractivity contribution in [3.8, 4) is 0 Å². The Bertz CT molecular complexity index is 2360. The molecular formula is C45H58N10O13. The molecule has 11 atom stereocenters. The van der Waals surface area contributed by atoms with Crippen LogP contribution in [0.25, 0.3) is 10.9 Å². The standard InChI is InChI=1S/C45H58N10O13/c1-21(2)13-27-39(62)53-31(17-35(59)55-45-36(48-22(3)57)38(61)37(60)33(20-56)68-45)43(66)52-30-16-34(58)47-19-32(44(67)49-27)54-40(63)28(14-23-9-5-4-6-10-23)50-41(64)29(51-42(30)65)15-24-18-46-26-12-8-7-11-25(24)26/h4-12,18,21,27-33,36-38,45-46,56,60-61H,13-17,19-20H2,1-3H3,(H,47,58)(H,48,57)(H,49,67)(H,50,64)(H,51,65)(H,52,66)(H,53,62)(H,54,63)(H,55,59)/t27-,28-,29-,30+,31-,32+,33+,36+,37+,38+,45+/m0/s1. The number of aromatic nitrogens is 1. The SMILES string of the molecule is CC(=O)N[C@@H]1[C@@H](O)[C@H](O)[C@@H](CO)O[C@H]1NC(=O)C[C@@H]1NC(=O)[C@H](CC(C)C)NC(=O)[C@H]2CNC(=O)C[C@@H](NC1=O)C(=O)N[C@@H](Cc1c[nH]c3ccccc13)C(=O)N[C@@H](Cc1ccccc1)C(=O)N2. The number of H-pyrrole nitrogens is 1.